The molecule has 1 aromatic heterocycles. The lowest BCUT2D eigenvalue weighted by Gasteiger charge is -2.39. The summed E-state index contributed by atoms with van der Waals surface area (Å²) in [5.74, 6) is 0. The van der Waals surface area contributed by atoms with Crippen molar-refractivity contribution in [2.75, 3.05) is 0 Å². The molecule has 0 radical (unpaired) electrons. The molecule has 0 spiro atoms. The highest BCUT2D eigenvalue weighted by molar-refractivity contribution is 5.63. The Morgan fingerprint density at radius 1 is 0.731 bits per heavy atom. The summed E-state index contributed by atoms with van der Waals surface area (Å²) in [6, 6.07) is 31.1. The molecule has 3 heterocycles. The predicted molar refractivity (Wildman–Crippen MR) is 102 cm³/mol. The van der Waals surface area contributed by atoms with Crippen molar-refractivity contribution >= 4 is 0 Å². The number of benzene rings is 3. The molecule has 0 atom stereocenters. The van der Waals surface area contributed by atoms with E-state index in [0.717, 1.165) is 13.0 Å². The van der Waals surface area contributed by atoms with Gasteiger partial charge in [-0.3, -0.25) is 0 Å². The average Bonchev–Trinajstić information content (AvgIpc) is 3.28. The van der Waals surface area contributed by atoms with Crippen LogP contribution in [0.2, 0.25) is 0 Å². The van der Waals surface area contributed by atoms with Gasteiger partial charge in [0, 0.05) is 18.1 Å². The average molecular weight is 335 g/mol. The van der Waals surface area contributed by atoms with Gasteiger partial charge in [-0.15, -0.1) is 9.36 Å². The van der Waals surface area contributed by atoms with Crippen LogP contribution in [0.5, 0.6) is 0 Å². The van der Waals surface area contributed by atoms with Crippen molar-refractivity contribution in [1.29, 1.82) is 0 Å². The van der Waals surface area contributed by atoms with Crippen molar-refractivity contribution in [3.8, 4) is 5.69 Å². The van der Waals surface area contributed by atoms with Gasteiger partial charge in [0.2, 0.25) is 0 Å². The summed E-state index contributed by atoms with van der Waals surface area (Å²) >= 11 is 0. The van der Waals surface area contributed by atoms with E-state index < -0.39 is 0 Å². The van der Waals surface area contributed by atoms with E-state index in [-0.39, 0.29) is 5.41 Å². The van der Waals surface area contributed by atoms with E-state index >= 15 is 0 Å². The maximum Gasteiger partial charge on any atom is 0.200 e. The summed E-state index contributed by atoms with van der Waals surface area (Å²) in [6.45, 7) is 0.961. The number of aromatic nitrogens is 2. The Morgan fingerprint density at radius 3 is 2.12 bits per heavy atom. The molecule has 0 fully saturated rings. The summed E-state index contributed by atoms with van der Waals surface area (Å²) < 4.78 is 4.76. The Bertz CT molecular complexity index is 1080. The van der Waals surface area contributed by atoms with Crippen LogP contribution in [0.1, 0.15) is 27.9 Å². The minimum Gasteiger partial charge on any atom is -0.124 e. The molecule has 2 nitrogen and oxygen atoms in total. The number of para-hydroxylation sites is 1. The maximum absolute atomic E-state index is 2.43. The Labute approximate surface area is 153 Å². The van der Waals surface area contributed by atoms with Gasteiger partial charge in [0.25, 0.3) is 0 Å². The van der Waals surface area contributed by atoms with Crippen LogP contribution in [0.3, 0.4) is 0 Å². The fourth-order valence-electron chi connectivity index (χ4n) is 4.99. The molecular formula is C24H19N2+. The van der Waals surface area contributed by atoms with Crippen molar-refractivity contribution in [2.45, 2.75) is 18.4 Å². The molecule has 26 heavy (non-hydrogen) atoms. The molecule has 0 N–H and O–H groups in total. The first-order valence-electron chi connectivity index (χ1n) is 9.22. The molecule has 2 heteroatoms. The van der Waals surface area contributed by atoms with Crippen LogP contribution in [-0.2, 0) is 18.4 Å². The third-order valence-electron chi connectivity index (χ3n) is 6.07. The third kappa shape index (κ3) is 1.64. The van der Waals surface area contributed by atoms with Gasteiger partial charge >= 0.3 is 0 Å². The maximum atomic E-state index is 2.43. The van der Waals surface area contributed by atoms with Crippen LogP contribution in [-0.4, -0.2) is 4.68 Å². The predicted octanol–water partition coefficient (Wildman–Crippen LogP) is 4.02. The summed E-state index contributed by atoms with van der Waals surface area (Å²) in [4.78, 5) is 0. The Morgan fingerprint density at radius 2 is 1.42 bits per heavy atom. The topological polar surface area (TPSA) is 8.81 Å². The zero-order chi connectivity index (χ0) is 17.1. The first-order valence-corrected chi connectivity index (χ1v) is 9.22. The standard InChI is InChI=1S/C24H19N2/c1-3-9-19(10-4-1)24(20-11-5-2-6-12-20)16-21-14-15-25-17-18-8-7-13-22(24)23(18)26(21)25/h1-15H,16-17H2/q+1. The monoisotopic (exact) mass is 335 g/mol. The number of rotatable bonds is 2. The van der Waals surface area contributed by atoms with Crippen molar-refractivity contribution < 1.29 is 4.68 Å². The lowest BCUT2D eigenvalue weighted by molar-refractivity contribution is -0.752. The van der Waals surface area contributed by atoms with Crippen LogP contribution < -0.4 is 4.68 Å². The molecule has 0 saturated heterocycles. The molecule has 3 aromatic carbocycles. The highest BCUT2D eigenvalue weighted by Gasteiger charge is 2.47. The summed E-state index contributed by atoms with van der Waals surface area (Å²) in [5.41, 5.74) is 8.19. The van der Waals surface area contributed by atoms with Gasteiger partial charge in [-0.25, -0.2) is 0 Å². The van der Waals surface area contributed by atoms with Gasteiger partial charge < -0.3 is 0 Å². The minimum absolute atomic E-state index is 0.148. The van der Waals surface area contributed by atoms with E-state index in [9.17, 15) is 0 Å². The minimum atomic E-state index is -0.148. The summed E-state index contributed by atoms with van der Waals surface area (Å²) in [7, 11) is 0. The van der Waals surface area contributed by atoms with Crippen LogP contribution in [0.4, 0.5) is 0 Å². The molecule has 0 aliphatic carbocycles. The first-order chi connectivity index (χ1) is 12.9. The molecular weight excluding hydrogens is 316 g/mol. The Kier molecular flexibility index (Phi) is 2.68. The van der Waals surface area contributed by atoms with Gasteiger partial charge in [-0.05, 0) is 16.7 Å². The molecule has 0 unspecified atom stereocenters. The second kappa shape index (κ2) is 4.95. The molecule has 0 bridgehead atoms. The highest BCUT2D eigenvalue weighted by atomic mass is 15.4. The van der Waals surface area contributed by atoms with E-state index in [1.165, 1.54) is 33.6 Å². The van der Waals surface area contributed by atoms with Gasteiger partial charge in [0.05, 0.1) is 11.1 Å². The first kappa shape index (κ1) is 14.1. The molecule has 124 valence electrons. The van der Waals surface area contributed by atoms with Crippen molar-refractivity contribution in [2.24, 2.45) is 0 Å². The fourth-order valence-corrected chi connectivity index (χ4v) is 4.99. The van der Waals surface area contributed by atoms with Crippen LogP contribution >= 0.6 is 0 Å². The van der Waals surface area contributed by atoms with Gasteiger partial charge in [0.1, 0.15) is 5.69 Å². The SMILES string of the molecule is c1ccc(C2(c3ccccc3)Cc3cc[n+]4n3-c3c(cccc32)C4)cc1. The lowest BCUT2D eigenvalue weighted by atomic mass is 9.64. The molecule has 2 aliphatic heterocycles. The van der Waals surface area contributed by atoms with E-state index in [2.05, 4.69) is 100 Å². The van der Waals surface area contributed by atoms with Gasteiger partial charge in [0.15, 0.2) is 12.7 Å². The summed E-state index contributed by atoms with van der Waals surface area (Å²) in [5, 5.41) is 0. The normalized spacial score (nSPS) is 15.7. The largest absolute Gasteiger partial charge is 0.200 e. The number of hydrogen-bond acceptors (Lipinski definition) is 0. The van der Waals surface area contributed by atoms with Crippen LogP contribution in [0.25, 0.3) is 5.69 Å². The van der Waals surface area contributed by atoms with E-state index in [0.29, 0.717) is 0 Å². The molecule has 6 rings (SSSR count). The lowest BCUT2D eigenvalue weighted by Crippen LogP contribution is -2.43. The van der Waals surface area contributed by atoms with Crippen molar-refractivity contribution in [1.82, 2.24) is 4.68 Å². The molecule has 0 amide bonds. The van der Waals surface area contributed by atoms with Gasteiger partial charge in [-0.1, -0.05) is 78.9 Å². The van der Waals surface area contributed by atoms with Crippen LogP contribution in [0.15, 0.2) is 91.1 Å². The van der Waals surface area contributed by atoms with E-state index in [4.69, 9.17) is 0 Å². The fraction of sp³-hybridized carbons (Fsp3) is 0.125. The third-order valence-corrected chi connectivity index (χ3v) is 6.07. The Balaban J connectivity index is 1.76. The zero-order valence-corrected chi connectivity index (χ0v) is 14.5. The van der Waals surface area contributed by atoms with Crippen molar-refractivity contribution in [3.63, 3.8) is 0 Å². The van der Waals surface area contributed by atoms with Gasteiger partial charge in [-0.2, -0.15) is 0 Å². The molecule has 0 saturated carbocycles. The zero-order valence-electron chi connectivity index (χ0n) is 14.5. The number of hydrogen-bond donors (Lipinski definition) is 0. The smallest absolute Gasteiger partial charge is 0.124 e. The Hall–Kier alpha value is -3.13. The summed E-state index contributed by atoms with van der Waals surface area (Å²) in [6.07, 6.45) is 3.20. The van der Waals surface area contributed by atoms with E-state index in [1.54, 1.807) is 0 Å². The number of nitrogens with zero attached hydrogens (tertiary/aromatic N) is 2. The van der Waals surface area contributed by atoms with Crippen molar-refractivity contribution in [3.05, 3.63) is 119 Å². The molecule has 2 aliphatic rings. The highest BCUT2D eigenvalue weighted by Crippen LogP contribution is 2.48. The van der Waals surface area contributed by atoms with E-state index in [1.807, 2.05) is 0 Å². The quantitative estimate of drug-likeness (QED) is 0.431. The second-order valence-electron chi connectivity index (χ2n) is 7.34. The second-order valence-corrected chi connectivity index (χ2v) is 7.34. The molecule has 4 aromatic rings. The van der Waals surface area contributed by atoms with Crippen LogP contribution in [0, 0.1) is 0 Å².